The molecule has 1 amide bonds. The summed E-state index contributed by atoms with van der Waals surface area (Å²) in [5.41, 5.74) is 3.47. The lowest BCUT2D eigenvalue weighted by atomic mass is 10.2. The highest BCUT2D eigenvalue weighted by Gasteiger charge is 2.14. The number of benzene rings is 2. The molecule has 7 nitrogen and oxygen atoms in total. The average molecular weight is 413 g/mol. The van der Waals surface area contributed by atoms with Crippen LogP contribution in [0.4, 0.5) is 17.3 Å². The van der Waals surface area contributed by atoms with Gasteiger partial charge in [0.15, 0.2) is 0 Å². The molecular weight excluding hydrogens is 392 g/mol. The molecule has 0 spiro atoms. The second-order valence-electron chi connectivity index (χ2n) is 6.32. The van der Waals surface area contributed by atoms with Crippen LogP contribution in [0, 0.1) is 13.8 Å². The maximum Gasteiger partial charge on any atom is 0.255 e. The van der Waals surface area contributed by atoms with Crippen LogP contribution in [0.5, 0.6) is 11.5 Å². The van der Waals surface area contributed by atoms with Crippen molar-refractivity contribution in [3.8, 4) is 11.5 Å². The predicted octanol–water partition coefficient (Wildman–Crippen LogP) is 4.76. The molecule has 0 saturated heterocycles. The number of hydrogen-bond donors (Lipinski definition) is 2. The molecule has 1 aromatic heterocycles. The van der Waals surface area contributed by atoms with E-state index in [1.165, 1.54) is 14.2 Å². The van der Waals surface area contributed by atoms with Crippen molar-refractivity contribution >= 4 is 34.8 Å². The molecule has 0 unspecified atom stereocenters. The van der Waals surface area contributed by atoms with Gasteiger partial charge in [-0.2, -0.15) is 0 Å². The molecule has 8 heteroatoms. The van der Waals surface area contributed by atoms with Crippen LogP contribution in [0.3, 0.4) is 0 Å². The van der Waals surface area contributed by atoms with Crippen LogP contribution < -0.4 is 20.1 Å². The van der Waals surface area contributed by atoms with Crippen LogP contribution in [0.2, 0.25) is 5.02 Å². The Hall–Kier alpha value is -3.32. The average Bonchev–Trinajstić information content (AvgIpc) is 2.68. The van der Waals surface area contributed by atoms with E-state index in [1.807, 2.05) is 19.9 Å². The highest BCUT2D eigenvalue weighted by atomic mass is 35.5. The van der Waals surface area contributed by atoms with E-state index in [-0.39, 0.29) is 5.91 Å². The molecule has 0 bridgehead atoms. The van der Waals surface area contributed by atoms with Gasteiger partial charge in [-0.3, -0.25) is 4.79 Å². The first kappa shape index (κ1) is 20.4. The Morgan fingerprint density at radius 1 is 0.931 bits per heavy atom. The molecule has 2 aromatic carbocycles. The summed E-state index contributed by atoms with van der Waals surface area (Å²) in [7, 11) is 3.01. The molecule has 0 aliphatic rings. The van der Waals surface area contributed by atoms with Gasteiger partial charge in [0, 0.05) is 34.8 Å². The van der Waals surface area contributed by atoms with E-state index in [4.69, 9.17) is 21.1 Å². The van der Waals surface area contributed by atoms with Crippen molar-refractivity contribution in [2.75, 3.05) is 24.9 Å². The smallest absolute Gasteiger partial charge is 0.255 e. The van der Waals surface area contributed by atoms with Crippen molar-refractivity contribution in [2.45, 2.75) is 13.8 Å². The van der Waals surface area contributed by atoms with E-state index >= 15 is 0 Å². The Kier molecular flexibility index (Phi) is 6.19. The van der Waals surface area contributed by atoms with Crippen molar-refractivity contribution < 1.29 is 14.3 Å². The van der Waals surface area contributed by atoms with Crippen LogP contribution in [-0.2, 0) is 0 Å². The van der Waals surface area contributed by atoms with E-state index in [0.717, 1.165) is 17.1 Å². The number of hydrogen-bond acceptors (Lipinski definition) is 6. The lowest BCUT2D eigenvalue weighted by Gasteiger charge is -2.13. The largest absolute Gasteiger partial charge is 0.495 e. The lowest BCUT2D eigenvalue weighted by molar-refractivity contribution is 0.102. The van der Waals surface area contributed by atoms with Crippen LogP contribution in [0.15, 0.2) is 42.5 Å². The van der Waals surface area contributed by atoms with Crippen LogP contribution in [0.1, 0.15) is 21.7 Å². The first-order chi connectivity index (χ1) is 13.9. The number of aromatic nitrogens is 2. The van der Waals surface area contributed by atoms with E-state index < -0.39 is 0 Å². The van der Waals surface area contributed by atoms with Gasteiger partial charge in [-0.05, 0) is 44.2 Å². The number of ether oxygens (including phenoxy) is 2. The highest BCUT2D eigenvalue weighted by Crippen LogP contribution is 2.36. The normalized spacial score (nSPS) is 10.4. The summed E-state index contributed by atoms with van der Waals surface area (Å²) in [5, 5.41) is 6.35. The zero-order valence-corrected chi connectivity index (χ0v) is 17.3. The van der Waals surface area contributed by atoms with Gasteiger partial charge in [0.1, 0.15) is 11.5 Å². The van der Waals surface area contributed by atoms with Crippen LogP contribution >= 0.6 is 11.6 Å². The van der Waals surface area contributed by atoms with Gasteiger partial charge in [-0.15, -0.1) is 0 Å². The summed E-state index contributed by atoms with van der Waals surface area (Å²) < 4.78 is 10.5. The van der Waals surface area contributed by atoms with Crippen LogP contribution in [0.25, 0.3) is 0 Å². The minimum atomic E-state index is -0.290. The fourth-order valence-corrected chi connectivity index (χ4v) is 3.00. The van der Waals surface area contributed by atoms with E-state index in [0.29, 0.717) is 33.7 Å². The molecule has 0 atom stereocenters. The summed E-state index contributed by atoms with van der Waals surface area (Å²) in [4.78, 5) is 21.3. The van der Waals surface area contributed by atoms with Gasteiger partial charge in [-0.25, -0.2) is 9.97 Å². The molecule has 1 heterocycles. The quantitative estimate of drug-likeness (QED) is 0.607. The molecule has 0 aliphatic carbocycles. The van der Waals surface area contributed by atoms with Gasteiger partial charge in [0.25, 0.3) is 5.91 Å². The zero-order chi connectivity index (χ0) is 21.0. The number of halogens is 1. The number of carbonyl (C=O) groups is 1. The number of aryl methyl sites for hydroxylation is 2. The van der Waals surface area contributed by atoms with Crippen molar-refractivity contribution in [3.63, 3.8) is 0 Å². The van der Waals surface area contributed by atoms with E-state index in [2.05, 4.69) is 20.6 Å². The minimum Gasteiger partial charge on any atom is -0.495 e. The van der Waals surface area contributed by atoms with Gasteiger partial charge < -0.3 is 20.1 Å². The van der Waals surface area contributed by atoms with Gasteiger partial charge in [-0.1, -0.05) is 11.6 Å². The number of carbonyl (C=O) groups excluding carboxylic acids is 1. The predicted molar refractivity (Wildman–Crippen MR) is 114 cm³/mol. The maximum atomic E-state index is 12.6. The SMILES string of the molecule is COc1cc(NC(=O)c2ccc(Nc3nc(C)cc(C)n3)cc2)c(OC)cc1Cl. The molecule has 3 aromatic rings. The highest BCUT2D eigenvalue weighted by molar-refractivity contribution is 6.32. The Balaban J connectivity index is 1.75. The van der Waals surface area contributed by atoms with Gasteiger partial charge >= 0.3 is 0 Å². The number of amides is 1. The molecule has 0 fully saturated rings. The third kappa shape index (κ3) is 4.94. The fourth-order valence-electron chi connectivity index (χ4n) is 2.77. The second kappa shape index (κ2) is 8.79. The lowest BCUT2D eigenvalue weighted by Crippen LogP contribution is -2.13. The molecule has 0 saturated carbocycles. The van der Waals surface area contributed by atoms with Gasteiger partial charge in [0.2, 0.25) is 5.95 Å². The van der Waals surface area contributed by atoms with Crippen molar-refractivity contribution in [3.05, 3.63) is 64.4 Å². The van der Waals surface area contributed by atoms with Gasteiger partial charge in [0.05, 0.1) is 24.9 Å². The maximum absolute atomic E-state index is 12.6. The summed E-state index contributed by atoms with van der Waals surface area (Å²) in [6, 6.07) is 12.1. The Morgan fingerprint density at radius 2 is 1.55 bits per heavy atom. The first-order valence-corrected chi connectivity index (χ1v) is 9.19. The molecular formula is C21H21ClN4O3. The topological polar surface area (TPSA) is 85.4 Å². The minimum absolute atomic E-state index is 0.290. The summed E-state index contributed by atoms with van der Waals surface area (Å²) in [5.74, 6) is 1.10. The van der Waals surface area contributed by atoms with E-state index in [9.17, 15) is 4.79 Å². The number of methoxy groups -OCH3 is 2. The number of rotatable bonds is 6. The van der Waals surface area contributed by atoms with Crippen molar-refractivity contribution in [2.24, 2.45) is 0 Å². The zero-order valence-electron chi connectivity index (χ0n) is 16.5. The van der Waals surface area contributed by atoms with E-state index in [1.54, 1.807) is 36.4 Å². The van der Waals surface area contributed by atoms with Crippen molar-refractivity contribution in [1.29, 1.82) is 0 Å². The third-order valence-electron chi connectivity index (χ3n) is 4.11. The Morgan fingerprint density at radius 3 is 2.14 bits per heavy atom. The molecule has 2 N–H and O–H groups in total. The summed E-state index contributed by atoms with van der Waals surface area (Å²) >= 11 is 6.10. The third-order valence-corrected chi connectivity index (χ3v) is 4.40. The molecule has 0 radical (unpaired) electrons. The Labute approximate surface area is 174 Å². The molecule has 29 heavy (non-hydrogen) atoms. The number of nitrogens with one attached hydrogen (secondary N) is 2. The molecule has 150 valence electrons. The molecule has 0 aliphatic heterocycles. The second-order valence-corrected chi connectivity index (χ2v) is 6.73. The Bertz CT molecular complexity index is 1020. The monoisotopic (exact) mass is 412 g/mol. The number of nitrogens with zero attached hydrogens (tertiary/aromatic N) is 2. The van der Waals surface area contributed by atoms with Crippen molar-refractivity contribution in [1.82, 2.24) is 9.97 Å². The summed E-state index contributed by atoms with van der Waals surface area (Å²) in [6.45, 7) is 3.82. The first-order valence-electron chi connectivity index (χ1n) is 8.82. The summed E-state index contributed by atoms with van der Waals surface area (Å²) in [6.07, 6.45) is 0. The number of anilines is 3. The molecule has 3 rings (SSSR count). The fraction of sp³-hybridized carbons (Fsp3) is 0.190. The van der Waals surface area contributed by atoms with Crippen LogP contribution in [-0.4, -0.2) is 30.1 Å². The standard InChI is InChI=1S/C21H21ClN4O3/c1-12-9-13(2)24-21(23-12)25-15-7-5-14(6-8-15)20(27)26-17-11-18(28-3)16(22)10-19(17)29-4/h5-11H,1-4H3,(H,26,27)(H,23,24,25).